The van der Waals surface area contributed by atoms with Gasteiger partial charge in [0.1, 0.15) is 0 Å². The van der Waals surface area contributed by atoms with Crippen molar-refractivity contribution >= 4 is 12.0 Å². The number of carboxylic acids is 1. The number of urea groups is 1. The van der Waals surface area contributed by atoms with Gasteiger partial charge in [0.15, 0.2) is 0 Å². The number of nitrogens with one attached hydrogen (secondary N) is 2. The highest BCUT2D eigenvalue weighted by atomic mass is 16.4. The molecule has 1 saturated heterocycles. The van der Waals surface area contributed by atoms with Gasteiger partial charge in [0.2, 0.25) is 0 Å². The zero-order chi connectivity index (χ0) is 18.1. The maximum Gasteiger partial charge on any atom is 0.314 e. The molecule has 6 heteroatoms. The highest BCUT2D eigenvalue weighted by Gasteiger charge is 2.33. The lowest BCUT2D eigenvalue weighted by Gasteiger charge is -2.41. The van der Waals surface area contributed by atoms with Gasteiger partial charge in [-0.1, -0.05) is 37.3 Å². The van der Waals surface area contributed by atoms with Crippen molar-refractivity contribution < 1.29 is 14.7 Å². The predicted molar refractivity (Wildman–Crippen MR) is 97.3 cm³/mol. The number of likely N-dealkylation sites (tertiary alicyclic amines) is 1. The summed E-state index contributed by atoms with van der Waals surface area (Å²) < 4.78 is 0. The second kappa shape index (κ2) is 9.42. The first-order valence-corrected chi connectivity index (χ1v) is 9.03. The average molecular weight is 347 g/mol. The van der Waals surface area contributed by atoms with Gasteiger partial charge >= 0.3 is 12.0 Å². The molecule has 1 aromatic carbocycles. The van der Waals surface area contributed by atoms with Crippen LogP contribution in [0.1, 0.15) is 38.2 Å². The van der Waals surface area contributed by atoms with Crippen LogP contribution in [-0.2, 0) is 11.3 Å². The van der Waals surface area contributed by atoms with E-state index in [0.29, 0.717) is 6.54 Å². The first-order valence-electron chi connectivity index (χ1n) is 9.03. The highest BCUT2D eigenvalue weighted by Crippen LogP contribution is 2.34. The number of amides is 2. The van der Waals surface area contributed by atoms with Crippen LogP contribution in [0.4, 0.5) is 4.79 Å². The van der Waals surface area contributed by atoms with Crippen LogP contribution in [0, 0.1) is 5.41 Å². The zero-order valence-corrected chi connectivity index (χ0v) is 15.0. The molecule has 3 N–H and O–H groups in total. The fraction of sp³-hybridized carbons (Fsp3) is 0.579. The monoisotopic (exact) mass is 347 g/mol. The van der Waals surface area contributed by atoms with Gasteiger partial charge in [-0.3, -0.25) is 9.69 Å². The summed E-state index contributed by atoms with van der Waals surface area (Å²) in [6, 6.07) is 10.2. The lowest BCUT2D eigenvalue weighted by atomic mass is 9.76. The second-order valence-electron chi connectivity index (χ2n) is 6.87. The van der Waals surface area contributed by atoms with Crippen LogP contribution < -0.4 is 10.6 Å². The van der Waals surface area contributed by atoms with Crippen molar-refractivity contribution in [2.24, 2.45) is 5.41 Å². The summed E-state index contributed by atoms with van der Waals surface area (Å²) in [5.74, 6) is -0.906. The molecule has 1 heterocycles. The van der Waals surface area contributed by atoms with E-state index in [2.05, 4.69) is 46.7 Å². The van der Waals surface area contributed by atoms with Crippen molar-refractivity contribution in [1.29, 1.82) is 0 Å². The number of nitrogens with zero attached hydrogens (tertiary/aromatic N) is 1. The summed E-state index contributed by atoms with van der Waals surface area (Å²) in [6.07, 6.45) is 3.10. The van der Waals surface area contributed by atoms with Gasteiger partial charge in [0, 0.05) is 19.6 Å². The third-order valence-electron chi connectivity index (χ3n) is 5.16. The summed E-state index contributed by atoms with van der Waals surface area (Å²) >= 11 is 0. The van der Waals surface area contributed by atoms with Crippen LogP contribution in [0.3, 0.4) is 0 Å². The smallest absolute Gasteiger partial charge is 0.314 e. The molecule has 138 valence electrons. The van der Waals surface area contributed by atoms with Gasteiger partial charge < -0.3 is 15.7 Å². The van der Waals surface area contributed by atoms with Crippen LogP contribution in [0.5, 0.6) is 0 Å². The van der Waals surface area contributed by atoms with Crippen LogP contribution in [-0.4, -0.2) is 48.2 Å². The maximum absolute atomic E-state index is 11.8. The second-order valence-corrected chi connectivity index (χ2v) is 6.87. The number of hydrogen-bond donors (Lipinski definition) is 3. The van der Waals surface area contributed by atoms with Crippen molar-refractivity contribution in [3.63, 3.8) is 0 Å². The van der Waals surface area contributed by atoms with E-state index < -0.39 is 5.97 Å². The molecule has 1 fully saturated rings. The third-order valence-corrected chi connectivity index (χ3v) is 5.16. The highest BCUT2D eigenvalue weighted by molar-refractivity contribution is 5.75. The quantitative estimate of drug-likeness (QED) is 0.675. The SMILES string of the molecule is CCC1(CNC(=O)NCCC(=O)O)CCN(Cc2ccccc2)CC1. The Morgan fingerprint density at radius 1 is 1.16 bits per heavy atom. The standard InChI is InChI=1S/C19H29N3O3/c1-2-19(15-21-18(25)20-11-8-17(23)24)9-12-22(13-10-19)14-16-6-4-3-5-7-16/h3-7H,2,8-15H2,1H3,(H,23,24)(H2,20,21,25). The van der Waals surface area contributed by atoms with Crippen molar-refractivity contribution in [3.8, 4) is 0 Å². The van der Waals surface area contributed by atoms with Gasteiger partial charge in [-0.2, -0.15) is 0 Å². The van der Waals surface area contributed by atoms with Gasteiger partial charge in [0.05, 0.1) is 6.42 Å². The number of hydrogen-bond acceptors (Lipinski definition) is 3. The lowest BCUT2D eigenvalue weighted by molar-refractivity contribution is -0.136. The van der Waals surface area contributed by atoms with E-state index in [-0.39, 0.29) is 24.4 Å². The van der Waals surface area contributed by atoms with E-state index in [9.17, 15) is 9.59 Å². The van der Waals surface area contributed by atoms with Crippen LogP contribution in [0.15, 0.2) is 30.3 Å². The molecule has 0 saturated carbocycles. The minimum Gasteiger partial charge on any atom is -0.481 e. The van der Waals surface area contributed by atoms with Crippen molar-refractivity contribution in [1.82, 2.24) is 15.5 Å². The summed E-state index contributed by atoms with van der Waals surface area (Å²) in [5, 5.41) is 14.1. The number of piperidine rings is 1. The molecule has 25 heavy (non-hydrogen) atoms. The Balaban J connectivity index is 1.74. The largest absolute Gasteiger partial charge is 0.481 e. The molecule has 1 aliphatic heterocycles. The molecule has 6 nitrogen and oxygen atoms in total. The van der Waals surface area contributed by atoms with Gasteiger partial charge in [-0.05, 0) is 43.3 Å². The van der Waals surface area contributed by atoms with Crippen LogP contribution in [0.2, 0.25) is 0 Å². The Kier molecular flexibility index (Phi) is 7.25. The van der Waals surface area contributed by atoms with Crippen LogP contribution in [0.25, 0.3) is 0 Å². The number of carboxylic acid groups (broad SMARTS) is 1. The normalized spacial score (nSPS) is 17.0. The molecule has 0 bridgehead atoms. The van der Waals surface area contributed by atoms with Crippen molar-refractivity contribution in [2.45, 2.75) is 39.2 Å². The molecule has 1 aromatic rings. The Bertz CT molecular complexity index is 554. The summed E-state index contributed by atoms with van der Waals surface area (Å²) in [4.78, 5) is 24.7. The Labute approximate surface area is 149 Å². The predicted octanol–water partition coefficient (Wildman–Crippen LogP) is 2.45. The third kappa shape index (κ3) is 6.38. The Morgan fingerprint density at radius 2 is 1.84 bits per heavy atom. The average Bonchev–Trinajstić information content (AvgIpc) is 2.62. The van der Waals surface area contributed by atoms with Crippen molar-refractivity contribution in [2.75, 3.05) is 26.2 Å². The van der Waals surface area contributed by atoms with Gasteiger partial charge in [-0.15, -0.1) is 0 Å². The van der Waals surface area contributed by atoms with Gasteiger partial charge in [-0.25, -0.2) is 4.79 Å². The summed E-state index contributed by atoms with van der Waals surface area (Å²) in [7, 11) is 0. The maximum atomic E-state index is 11.8. The fourth-order valence-electron chi connectivity index (χ4n) is 3.30. The lowest BCUT2D eigenvalue weighted by Crippen LogP contribution is -2.48. The molecule has 0 radical (unpaired) electrons. The number of carbonyl (C=O) groups excluding carboxylic acids is 1. The molecule has 0 aliphatic carbocycles. The molecule has 2 rings (SSSR count). The number of aliphatic carboxylic acids is 1. The molecule has 0 atom stereocenters. The Hall–Kier alpha value is -2.08. The van der Waals surface area contributed by atoms with E-state index in [0.717, 1.165) is 38.9 Å². The van der Waals surface area contributed by atoms with E-state index in [1.807, 2.05) is 6.07 Å². The van der Waals surface area contributed by atoms with Gasteiger partial charge in [0.25, 0.3) is 0 Å². The number of benzene rings is 1. The molecule has 1 aliphatic rings. The Morgan fingerprint density at radius 3 is 2.44 bits per heavy atom. The molecular weight excluding hydrogens is 318 g/mol. The summed E-state index contributed by atoms with van der Waals surface area (Å²) in [6.45, 7) is 6.02. The van der Waals surface area contributed by atoms with E-state index >= 15 is 0 Å². The number of carbonyl (C=O) groups is 2. The first-order chi connectivity index (χ1) is 12.0. The molecule has 0 unspecified atom stereocenters. The van der Waals surface area contributed by atoms with E-state index in [1.54, 1.807) is 0 Å². The van der Waals surface area contributed by atoms with Crippen LogP contribution >= 0.6 is 0 Å². The molecule has 2 amide bonds. The molecule has 0 aromatic heterocycles. The van der Waals surface area contributed by atoms with E-state index in [4.69, 9.17) is 5.11 Å². The fourth-order valence-corrected chi connectivity index (χ4v) is 3.30. The van der Waals surface area contributed by atoms with E-state index in [1.165, 1.54) is 5.56 Å². The summed E-state index contributed by atoms with van der Waals surface area (Å²) in [5.41, 5.74) is 1.47. The minimum absolute atomic E-state index is 0.0548. The minimum atomic E-state index is -0.906. The van der Waals surface area contributed by atoms with Crippen molar-refractivity contribution in [3.05, 3.63) is 35.9 Å². The number of rotatable bonds is 8. The first kappa shape index (κ1) is 19.2. The topological polar surface area (TPSA) is 81.7 Å². The molecular formula is C19H29N3O3. The zero-order valence-electron chi connectivity index (χ0n) is 15.0. The molecule has 0 spiro atoms.